The molecule has 1 atom stereocenters. The average molecular weight is 324 g/mol. The number of nitrogens with two attached hydrogens (primary N) is 1. The topological polar surface area (TPSA) is 72.2 Å². The van der Waals surface area contributed by atoms with Crippen LogP contribution in [0.2, 0.25) is 0 Å². The van der Waals surface area contributed by atoms with Crippen molar-refractivity contribution < 1.29 is 8.42 Å². The van der Waals surface area contributed by atoms with Crippen LogP contribution in [0.3, 0.4) is 0 Å². The smallest absolute Gasteiger partial charge is 0.250 e. The molecule has 2 rings (SSSR count). The van der Waals surface area contributed by atoms with Crippen molar-refractivity contribution in [1.29, 1.82) is 0 Å². The molecule has 3 N–H and O–H groups in total. The van der Waals surface area contributed by atoms with Crippen molar-refractivity contribution in [2.24, 2.45) is 5.73 Å². The van der Waals surface area contributed by atoms with Crippen LogP contribution in [0, 0.1) is 6.92 Å². The van der Waals surface area contributed by atoms with E-state index in [0.29, 0.717) is 17.2 Å². The number of hydrogen-bond acceptors (Lipinski definition) is 4. The highest BCUT2D eigenvalue weighted by Gasteiger charge is 2.20. The fourth-order valence-electron chi connectivity index (χ4n) is 2.16. The zero-order valence-corrected chi connectivity index (χ0v) is 13.8. The lowest BCUT2D eigenvalue weighted by Gasteiger charge is -2.13. The molecule has 0 bridgehead atoms. The van der Waals surface area contributed by atoms with Gasteiger partial charge in [-0.05, 0) is 37.5 Å². The third-order valence-corrected chi connectivity index (χ3v) is 6.51. The Morgan fingerprint density at radius 3 is 2.52 bits per heavy atom. The van der Waals surface area contributed by atoms with Crippen molar-refractivity contribution in [3.8, 4) is 0 Å². The van der Waals surface area contributed by atoms with Gasteiger partial charge < -0.3 is 5.73 Å². The number of rotatable bonds is 6. The van der Waals surface area contributed by atoms with Crippen LogP contribution in [0.4, 0.5) is 0 Å². The highest BCUT2D eigenvalue weighted by molar-refractivity contribution is 7.91. The molecule has 0 aliphatic heterocycles. The normalized spacial score (nSPS) is 13.3. The third kappa shape index (κ3) is 4.14. The van der Waals surface area contributed by atoms with Gasteiger partial charge in [0.15, 0.2) is 0 Å². The van der Waals surface area contributed by atoms with E-state index in [1.54, 1.807) is 6.07 Å². The molecule has 0 aliphatic rings. The van der Waals surface area contributed by atoms with Gasteiger partial charge in [0.1, 0.15) is 4.21 Å². The summed E-state index contributed by atoms with van der Waals surface area (Å²) in [6.45, 7) is 4.12. The standard InChI is InChI=1S/C15H20N2O2S2/c1-11-8-15(20-14(11)10-16)21(18,19)17-12(2)9-13-6-4-3-5-7-13/h3-8,12,17H,9-10,16H2,1-2H3. The van der Waals surface area contributed by atoms with Crippen LogP contribution < -0.4 is 10.5 Å². The van der Waals surface area contributed by atoms with Crippen molar-refractivity contribution in [3.63, 3.8) is 0 Å². The molecule has 2 aromatic rings. The summed E-state index contributed by atoms with van der Waals surface area (Å²) in [7, 11) is -3.48. The molecule has 6 heteroatoms. The van der Waals surface area contributed by atoms with E-state index in [-0.39, 0.29) is 6.04 Å². The zero-order valence-electron chi connectivity index (χ0n) is 12.2. The summed E-state index contributed by atoms with van der Waals surface area (Å²) in [5.74, 6) is 0. The number of thiophene rings is 1. The summed E-state index contributed by atoms with van der Waals surface area (Å²) in [6, 6.07) is 11.4. The number of aryl methyl sites for hydroxylation is 1. The van der Waals surface area contributed by atoms with Crippen LogP contribution in [0.25, 0.3) is 0 Å². The van der Waals surface area contributed by atoms with E-state index in [1.807, 2.05) is 44.2 Å². The van der Waals surface area contributed by atoms with Crippen molar-refractivity contribution in [2.75, 3.05) is 0 Å². The highest BCUT2D eigenvalue weighted by atomic mass is 32.2. The Balaban J connectivity index is 2.09. The Kier molecular flexibility index (Phi) is 5.16. The second-order valence-electron chi connectivity index (χ2n) is 5.09. The summed E-state index contributed by atoms with van der Waals surface area (Å²) >= 11 is 1.24. The van der Waals surface area contributed by atoms with Gasteiger partial charge in [-0.3, -0.25) is 0 Å². The van der Waals surface area contributed by atoms with Gasteiger partial charge in [0.2, 0.25) is 10.0 Å². The molecule has 0 saturated heterocycles. The molecule has 0 amide bonds. The minimum absolute atomic E-state index is 0.166. The van der Waals surface area contributed by atoms with E-state index in [9.17, 15) is 8.42 Å². The maximum Gasteiger partial charge on any atom is 0.250 e. The molecule has 1 unspecified atom stereocenters. The van der Waals surface area contributed by atoms with Gasteiger partial charge in [-0.25, -0.2) is 13.1 Å². The summed E-state index contributed by atoms with van der Waals surface area (Å²) in [6.07, 6.45) is 0.661. The number of hydrogen-bond donors (Lipinski definition) is 2. The lowest BCUT2D eigenvalue weighted by molar-refractivity contribution is 0.562. The first-order chi connectivity index (χ1) is 9.92. The summed E-state index contributed by atoms with van der Waals surface area (Å²) in [5, 5.41) is 0. The van der Waals surface area contributed by atoms with E-state index < -0.39 is 10.0 Å². The summed E-state index contributed by atoms with van der Waals surface area (Å²) in [5.41, 5.74) is 7.64. The Morgan fingerprint density at radius 1 is 1.29 bits per heavy atom. The molecule has 0 radical (unpaired) electrons. The van der Waals surface area contributed by atoms with Gasteiger partial charge in [-0.1, -0.05) is 30.3 Å². The first-order valence-corrected chi connectivity index (χ1v) is 9.08. The minimum Gasteiger partial charge on any atom is -0.326 e. The quantitative estimate of drug-likeness (QED) is 0.857. The fourth-order valence-corrected chi connectivity index (χ4v) is 4.88. The molecule has 0 spiro atoms. The lowest BCUT2D eigenvalue weighted by Crippen LogP contribution is -2.33. The Bertz CT molecular complexity index is 694. The first kappa shape index (κ1) is 16.2. The molecule has 0 fully saturated rings. The molecule has 21 heavy (non-hydrogen) atoms. The van der Waals surface area contributed by atoms with Crippen LogP contribution in [0.5, 0.6) is 0 Å². The predicted molar refractivity (Wildman–Crippen MR) is 86.9 cm³/mol. The molecule has 1 aromatic carbocycles. The van der Waals surface area contributed by atoms with Gasteiger partial charge in [0.05, 0.1) is 0 Å². The Morgan fingerprint density at radius 2 is 1.95 bits per heavy atom. The molecule has 1 aromatic heterocycles. The molecule has 4 nitrogen and oxygen atoms in total. The number of sulfonamides is 1. The van der Waals surface area contributed by atoms with Gasteiger partial charge in [-0.15, -0.1) is 11.3 Å². The number of nitrogens with one attached hydrogen (secondary N) is 1. The summed E-state index contributed by atoms with van der Waals surface area (Å²) in [4.78, 5) is 0.908. The van der Waals surface area contributed by atoms with Crippen molar-refractivity contribution >= 4 is 21.4 Å². The second-order valence-corrected chi connectivity index (χ2v) is 8.17. The van der Waals surface area contributed by atoms with Crippen molar-refractivity contribution in [2.45, 2.75) is 37.1 Å². The minimum atomic E-state index is -3.48. The Hall–Kier alpha value is -1.21. The molecule has 1 heterocycles. The molecular formula is C15H20N2O2S2. The van der Waals surface area contributed by atoms with E-state index in [0.717, 1.165) is 16.0 Å². The third-order valence-electron chi connectivity index (χ3n) is 3.19. The van der Waals surface area contributed by atoms with Crippen LogP contribution in [-0.4, -0.2) is 14.5 Å². The van der Waals surface area contributed by atoms with Gasteiger partial charge in [0.25, 0.3) is 0 Å². The molecule has 0 aliphatic carbocycles. The lowest BCUT2D eigenvalue weighted by atomic mass is 10.1. The van der Waals surface area contributed by atoms with Crippen LogP contribution in [0.15, 0.2) is 40.6 Å². The Labute approximate surface area is 130 Å². The average Bonchev–Trinajstić information content (AvgIpc) is 2.81. The largest absolute Gasteiger partial charge is 0.326 e. The van der Waals surface area contributed by atoms with Gasteiger partial charge in [0, 0.05) is 17.5 Å². The molecule has 0 saturated carbocycles. The fraction of sp³-hybridized carbons (Fsp3) is 0.333. The van der Waals surface area contributed by atoms with Crippen molar-refractivity contribution in [3.05, 3.63) is 52.4 Å². The molecule has 114 valence electrons. The monoisotopic (exact) mass is 324 g/mol. The van der Waals surface area contributed by atoms with E-state index in [1.165, 1.54) is 11.3 Å². The molecular weight excluding hydrogens is 304 g/mol. The SMILES string of the molecule is Cc1cc(S(=O)(=O)NC(C)Cc2ccccc2)sc1CN. The van der Waals surface area contributed by atoms with Crippen LogP contribution >= 0.6 is 11.3 Å². The maximum atomic E-state index is 12.4. The first-order valence-electron chi connectivity index (χ1n) is 6.78. The van der Waals surface area contributed by atoms with E-state index in [2.05, 4.69) is 4.72 Å². The second kappa shape index (κ2) is 6.70. The van der Waals surface area contributed by atoms with Crippen molar-refractivity contribution in [1.82, 2.24) is 4.72 Å². The number of benzene rings is 1. The predicted octanol–water partition coefficient (Wildman–Crippen LogP) is 2.42. The van der Waals surface area contributed by atoms with Gasteiger partial charge >= 0.3 is 0 Å². The maximum absolute atomic E-state index is 12.4. The summed E-state index contributed by atoms with van der Waals surface area (Å²) < 4.78 is 27.8. The van der Waals surface area contributed by atoms with E-state index >= 15 is 0 Å². The van der Waals surface area contributed by atoms with Crippen LogP contribution in [0.1, 0.15) is 22.9 Å². The van der Waals surface area contributed by atoms with Crippen LogP contribution in [-0.2, 0) is 23.0 Å². The van der Waals surface area contributed by atoms with Gasteiger partial charge in [-0.2, -0.15) is 0 Å². The highest BCUT2D eigenvalue weighted by Crippen LogP contribution is 2.25. The zero-order chi connectivity index (χ0) is 15.5. The van der Waals surface area contributed by atoms with E-state index in [4.69, 9.17) is 5.73 Å².